The van der Waals surface area contributed by atoms with Crippen LogP contribution in [0.1, 0.15) is 24.9 Å². The Balaban J connectivity index is 2.26. The zero-order valence-electron chi connectivity index (χ0n) is 12.1. The lowest BCUT2D eigenvalue weighted by Gasteiger charge is -2.23. The molecule has 0 aliphatic rings. The first-order chi connectivity index (χ1) is 9.20. The maximum absolute atomic E-state index is 4.44. The van der Waals surface area contributed by atoms with Gasteiger partial charge in [-0.05, 0) is 44.8 Å². The molecule has 2 rings (SSSR count). The van der Waals surface area contributed by atoms with Crippen LogP contribution >= 0.6 is 0 Å². The van der Waals surface area contributed by atoms with Gasteiger partial charge in [-0.25, -0.2) is 0 Å². The number of likely N-dealkylation sites (N-methyl/N-ethyl adjacent to an activating group) is 1. The number of pyridine rings is 1. The van der Waals surface area contributed by atoms with E-state index in [1.165, 1.54) is 10.9 Å². The average molecular weight is 257 g/mol. The van der Waals surface area contributed by atoms with Gasteiger partial charge in [-0.15, -0.1) is 0 Å². The summed E-state index contributed by atoms with van der Waals surface area (Å²) in [5.41, 5.74) is 2.38. The molecular weight excluding hydrogens is 234 g/mol. The molecule has 0 bridgehead atoms. The molecule has 0 spiro atoms. The molecule has 19 heavy (non-hydrogen) atoms. The van der Waals surface area contributed by atoms with Crippen molar-refractivity contribution in [1.82, 2.24) is 15.2 Å². The number of rotatable bonds is 6. The van der Waals surface area contributed by atoms with Crippen molar-refractivity contribution in [2.45, 2.75) is 19.4 Å². The monoisotopic (exact) mass is 257 g/mol. The highest BCUT2D eigenvalue weighted by molar-refractivity contribution is 5.78. The van der Waals surface area contributed by atoms with Crippen LogP contribution in [0.5, 0.6) is 0 Å². The molecule has 0 radical (unpaired) electrons. The molecule has 3 nitrogen and oxygen atoms in total. The molecule has 1 N–H and O–H groups in total. The number of fused-ring (bicyclic) bond motifs is 1. The normalized spacial score (nSPS) is 13.1. The molecule has 1 unspecified atom stereocenters. The van der Waals surface area contributed by atoms with Crippen LogP contribution in [0.4, 0.5) is 0 Å². The van der Waals surface area contributed by atoms with Crippen molar-refractivity contribution in [2.24, 2.45) is 0 Å². The molecule has 1 atom stereocenters. The van der Waals surface area contributed by atoms with Gasteiger partial charge in [-0.1, -0.05) is 25.1 Å². The van der Waals surface area contributed by atoms with E-state index in [0.29, 0.717) is 6.04 Å². The fourth-order valence-electron chi connectivity index (χ4n) is 2.27. The fourth-order valence-corrected chi connectivity index (χ4v) is 2.27. The predicted octanol–water partition coefficient (Wildman–Crippen LogP) is 2.84. The Kier molecular flexibility index (Phi) is 4.88. The van der Waals surface area contributed by atoms with E-state index >= 15 is 0 Å². The smallest absolute Gasteiger partial charge is 0.0705 e. The molecule has 0 amide bonds. The minimum atomic E-state index is 0.362. The molecule has 1 heterocycles. The highest BCUT2D eigenvalue weighted by atomic mass is 15.1. The lowest BCUT2D eigenvalue weighted by atomic mass is 10.0. The van der Waals surface area contributed by atoms with Crippen LogP contribution < -0.4 is 5.32 Å². The van der Waals surface area contributed by atoms with Crippen LogP contribution in [0.25, 0.3) is 10.9 Å². The zero-order chi connectivity index (χ0) is 13.7. The van der Waals surface area contributed by atoms with E-state index in [-0.39, 0.29) is 0 Å². The van der Waals surface area contributed by atoms with Crippen molar-refractivity contribution < 1.29 is 0 Å². The largest absolute Gasteiger partial charge is 0.309 e. The van der Waals surface area contributed by atoms with Crippen LogP contribution in [0.15, 0.2) is 36.5 Å². The van der Waals surface area contributed by atoms with E-state index in [9.17, 15) is 0 Å². The molecule has 0 saturated heterocycles. The molecule has 0 saturated carbocycles. The van der Waals surface area contributed by atoms with E-state index in [1.54, 1.807) is 0 Å². The molecule has 0 aliphatic heterocycles. The zero-order valence-corrected chi connectivity index (χ0v) is 12.1. The summed E-state index contributed by atoms with van der Waals surface area (Å²) in [5.74, 6) is 0. The lowest BCUT2D eigenvalue weighted by molar-refractivity contribution is 0.342. The topological polar surface area (TPSA) is 28.2 Å². The van der Waals surface area contributed by atoms with E-state index in [0.717, 1.165) is 25.0 Å². The van der Waals surface area contributed by atoms with Crippen LogP contribution in [0.3, 0.4) is 0 Å². The SMILES string of the molecule is CCCNC(CN(C)C)c1ccc2cccnc2c1. The molecule has 0 aliphatic carbocycles. The third-order valence-electron chi connectivity index (χ3n) is 3.22. The van der Waals surface area contributed by atoms with Crippen molar-refractivity contribution in [2.75, 3.05) is 27.2 Å². The highest BCUT2D eigenvalue weighted by Crippen LogP contribution is 2.19. The van der Waals surface area contributed by atoms with E-state index in [1.807, 2.05) is 12.3 Å². The van der Waals surface area contributed by atoms with E-state index in [2.05, 4.69) is 60.5 Å². The molecular formula is C16H23N3. The predicted molar refractivity (Wildman–Crippen MR) is 81.3 cm³/mol. The van der Waals surface area contributed by atoms with Crippen LogP contribution in [-0.4, -0.2) is 37.1 Å². The summed E-state index contributed by atoms with van der Waals surface area (Å²) in [5, 5.41) is 4.81. The number of benzene rings is 1. The molecule has 1 aromatic carbocycles. The Morgan fingerprint density at radius 1 is 1.26 bits per heavy atom. The molecule has 0 fully saturated rings. The Labute approximate surface area is 115 Å². The van der Waals surface area contributed by atoms with Crippen molar-refractivity contribution in [3.8, 4) is 0 Å². The van der Waals surface area contributed by atoms with Crippen LogP contribution in [0.2, 0.25) is 0 Å². The van der Waals surface area contributed by atoms with Crippen LogP contribution in [-0.2, 0) is 0 Å². The Morgan fingerprint density at radius 3 is 2.84 bits per heavy atom. The van der Waals surface area contributed by atoms with Gasteiger partial charge in [0.25, 0.3) is 0 Å². The Morgan fingerprint density at radius 2 is 2.11 bits per heavy atom. The third-order valence-corrected chi connectivity index (χ3v) is 3.22. The van der Waals surface area contributed by atoms with Crippen molar-refractivity contribution >= 4 is 10.9 Å². The Hall–Kier alpha value is -1.45. The van der Waals surface area contributed by atoms with E-state index in [4.69, 9.17) is 0 Å². The van der Waals surface area contributed by atoms with E-state index < -0.39 is 0 Å². The summed E-state index contributed by atoms with van der Waals surface area (Å²) in [6.45, 7) is 4.23. The minimum absolute atomic E-state index is 0.362. The van der Waals surface area contributed by atoms with Gasteiger partial charge in [0.1, 0.15) is 0 Å². The summed E-state index contributed by atoms with van der Waals surface area (Å²) < 4.78 is 0. The first-order valence-corrected chi connectivity index (χ1v) is 6.93. The summed E-state index contributed by atoms with van der Waals surface area (Å²) in [7, 11) is 4.22. The van der Waals surface area contributed by atoms with Gasteiger partial charge < -0.3 is 10.2 Å². The second kappa shape index (κ2) is 6.64. The lowest BCUT2D eigenvalue weighted by Crippen LogP contribution is -2.31. The van der Waals surface area contributed by atoms with Crippen molar-refractivity contribution in [3.05, 3.63) is 42.1 Å². The summed E-state index contributed by atoms with van der Waals surface area (Å²) >= 11 is 0. The second-order valence-electron chi connectivity index (χ2n) is 5.22. The van der Waals surface area contributed by atoms with Crippen LogP contribution in [0, 0.1) is 0 Å². The first-order valence-electron chi connectivity index (χ1n) is 6.93. The third kappa shape index (κ3) is 3.75. The molecule has 2 aromatic rings. The standard InChI is InChI=1S/C16H23N3/c1-4-9-17-16(12-19(2)3)14-8-7-13-6-5-10-18-15(13)11-14/h5-8,10-11,16-17H,4,9,12H2,1-3H3. The van der Waals surface area contributed by atoms with Gasteiger partial charge in [-0.3, -0.25) is 4.98 Å². The molecule has 3 heteroatoms. The van der Waals surface area contributed by atoms with Gasteiger partial charge in [0, 0.05) is 24.2 Å². The summed E-state index contributed by atoms with van der Waals surface area (Å²) in [6.07, 6.45) is 3.00. The number of nitrogens with one attached hydrogen (secondary N) is 1. The van der Waals surface area contributed by atoms with Crippen molar-refractivity contribution in [1.29, 1.82) is 0 Å². The summed E-state index contributed by atoms with van der Waals surface area (Å²) in [6, 6.07) is 11.0. The summed E-state index contributed by atoms with van der Waals surface area (Å²) in [4.78, 5) is 6.66. The van der Waals surface area contributed by atoms with Crippen molar-refractivity contribution in [3.63, 3.8) is 0 Å². The fraction of sp³-hybridized carbons (Fsp3) is 0.438. The number of nitrogens with zero attached hydrogens (tertiary/aromatic N) is 2. The van der Waals surface area contributed by atoms with Gasteiger partial charge in [0.05, 0.1) is 5.52 Å². The first kappa shape index (κ1) is 14.0. The van der Waals surface area contributed by atoms with Gasteiger partial charge >= 0.3 is 0 Å². The number of aromatic nitrogens is 1. The minimum Gasteiger partial charge on any atom is -0.309 e. The van der Waals surface area contributed by atoms with Gasteiger partial charge in [-0.2, -0.15) is 0 Å². The average Bonchev–Trinajstić information content (AvgIpc) is 2.42. The Bertz CT molecular complexity index is 522. The molecule has 102 valence electrons. The maximum Gasteiger partial charge on any atom is 0.0705 e. The highest BCUT2D eigenvalue weighted by Gasteiger charge is 2.12. The number of hydrogen-bond acceptors (Lipinski definition) is 3. The second-order valence-corrected chi connectivity index (χ2v) is 5.22. The van der Waals surface area contributed by atoms with Gasteiger partial charge in [0.15, 0.2) is 0 Å². The molecule has 1 aromatic heterocycles. The quantitative estimate of drug-likeness (QED) is 0.862. The maximum atomic E-state index is 4.44. The number of hydrogen-bond donors (Lipinski definition) is 1. The van der Waals surface area contributed by atoms with Gasteiger partial charge in [0.2, 0.25) is 0 Å².